The van der Waals surface area contributed by atoms with Crippen molar-refractivity contribution in [1.82, 2.24) is 14.7 Å². The summed E-state index contributed by atoms with van der Waals surface area (Å²) in [6.07, 6.45) is 2.71. The van der Waals surface area contributed by atoms with Gasteiger partial charge in [0.2, 0.25) is 0 Å². The lowest BCUT2D eigenvalue weighted by molar-refractivity contribution is 0.0237. The van der Waals surface area contributed by atoms with Crippen LogP contribution >= 0.6 is 0 Å². The van der Waals surface area contributed by atoms with Crippen molar-refractivity contribution in [2.24, 2.45) is 5.41 Å². The average Bonchev–Trinajstić information content (AvgIpc) is 3.43. The summed E-state index contributed by atoms with van der Waals surface area (Å²) in [5, 5.41) is 28.9. The molecule has 49 heavy (non-hydrogen) atoms. The molecule has 4 rings (SSSR count). The number of ether oxygens (including phenoxy) is 3. The van der Waals surface area contributed by atoms with Gasteiger partial charge in [0, 0.05) is 62.8 Å². The molecule has 1 saturated heterocycles. The summed E-state index contributed by atoms with van der Waals surface area (Å²) in [5.41, 5.74) is 6.89. The predicted octanol–water partition coefficient (Wildman–Crippen LogP) is 4.04. The number of nitrogens with two attached hydrogens (primary N) is 1. The minimum absolute atomic E-state index is 0.132. The van der Waals surface area contributed by atoms with Crippen molar-refractivity contribution >= 4 is 29.4 Å². The Bertz CT molecular complexity index is 1390. The maximum atomic E-state index is 12.3. The van der Waals surface area contributed by atoms with E-state index in [0.29, 0.717) is 49.5 Å². The minimum Gasteiger partial charge on any atom is -0.491 e. The SMILES string of the molecule is CN(C)CCOc1cc(N)ccc1C(=O)O.CN(C)CCOc1cc(NC2CC3(CCN(C(=O)OC(C)(C)C)C3)C2)ccc1C(=O)O.CO. The summed E-state index contributed by atoms with van der Waals surface area (Å²) in [6.45, 7) is 9.39. The van der Waals surface area contributed by atoms with Gasteiger partial charge in [-0.3, -0.25) is 0 Å². The molecule has 0 aromatic heterocycles. The van der Waals surface area contributed by atoms with Gasteiger partial charge in [-0.05, 0) is 97.9 Å². The molecular formula is C35H55N5O9. The molecule has 0 bridgehead atoms. The fraction of sp³-hybridized carbons (Fsp3) is 0.571. The number of amides is 1. The van der Waals surface area contributed by atoms with E-state index in [1.54, 1.807) is 24.3 Å². The third kappa shape index (κ3) is 13.3. The molecule has 1 spiro atoms. The Labute approximate surface area is 289 Å². The number of nitrogen functional groups attached to an aromatic ring is 1. The highest BCUT2D eigenvalue weighted by molar-refractivity contribution is 5.92. The number of benzene rings is 2. The van der Waals surface area contributed by atoms with Gasteiger partial charge < -0.3 is 55.3 Å². The lowest BCUT2D eigenvalue weighted by atomic mass is 9.65. The lowest BCUT2D eigenvalue weighted by Gasteiger charge is -2.45. The number of anilines is 2. The van der Waals surface area contributed by atoms with Gasteiger partial charge in [0.1, 0.15) is 41.4 Å². The van der Waals surface area contributed by atoms with Crippen LogP contribution in [-0.2, 0) is 4.74 Å². The number of carboxylic acids is 2. The molecule has 2 aromatic rings. The normalized spacial score (nSPS) is 18.1. The molecular weight excluding hydrogens is 634 g/mol. The Hall–Kier alpha value is -4.27. The topological polar surface area (TPSA) is 187 Å². The second-order valence-corrected chi connectivity index (χ2v) is 13.8. The number of rotatable bonds is 12. The van der Waals surface area contributed by atoms with Crippen LogP contribution in [0.5, 0.6) is 11.5 Å². The Morgan fingerprint density at radius 1 is 0.898 bits per heavy atom. The van der Waals surface area contributed by atoms with Crippen molar-refractivity contribution < 1.29 is 43.9 Å². The van der Waals surface area contributed by atoms with Gasteiger partial charge in [0.05, 0.1) is 0 Å². The highest BCUT2D eigenvalue weighted by Gasteiger charge is 2.50. The Kier molecular flexibility index (Phi) is 15.4. The van der Waals surface area contributed by atoms with E-state index < -0.39 is 17.5 Å². The smallest absolute Gasteiger partial charge is 0.410 e. The van der Waals surface area contributed by atoms with Crippen molar-refractivity contribution in [1.29, 1.82) is 0 Å². The number of carbonyl (C=O) groups is 3. The molecule has 0 atom stereocenters. The van der Waals surface area contributed by atoms with Gasteiger partial charge in [0.15, 0.2) is 0 Å². The molecule has 0 radical (unpaired) electrons. The number of aromatic carboxylic acids is 2. The summed E-state index contributed by atoms with van der Waals surface area (Å²) in [5.74, 6) is -1.32. The van der Waals surface area contributed by atoms with Crippen molar-refractivity contribution in [2.45, 2.75) is 51.7 Å². The Balaban J connectivity index is 0.000000390. The van der Waals surface area contributed by atoms with Crippen LogP contribution in [0, 0.1) is 5.41 Å². The molecule has 274 valence electrons. The summed E-state index contributed by atoms with van der Waals surface area (Å²) >= 11 is 0. The molecule has 1 aliphatic heterocycles. The fourth-order valence-electron chi connectivity index (χ4n) is 5.49. The third-order valence-corrected chi connectivity index (χ3v) is 7.86. The number of nitrogens with zero attached hydrogens (tertiary/aromatic N) is 3. The van der Waals surface area contributed by atoms with Crippen LogP contribution in [0.4, 0.5) is 16.2 Å². The van der Waals surface area contributed by atoms with E-state index in [0.717, 1.165) is 45.1 Å². The molecule has 1 amide bonds. The zero-order valence-electron chi connectivity index (χ0n) is 30.1. The third-order valence-electron chi connectivity index (χ3n) is 7.86. The number of likely N-dealkylation sites (tertiary alicyclic amines) is 1. The van der Waals surface area contributed by atoms with Crippen LogP contribution in [-0.4, -0.2) is 134 Å². The number of hydrogen-bond acceptors (Lipinski definition) is 11. The van der Waals surface area contributed by atoms with Gasteiger partial charge in [-0.15, -0.1) is 0 Å². The first kappa shape index (κ1) is 40.9. The highest BCUT2D eigenvalue weighted by atomic mass is 16.6. The molecule has 14 nitrogen and oxygen atoms in total. The minimum atomic E-state index is -1.01. The standard InChI is InChI=1S/C23H35N3O5.C11H16N2O3.CH4O/c1-22(2,3)31-21(29)26-9-8-23(15-26)13-17(14-23)24-16-6-7-18(20(27)28)19(12-16)30-11-10-25(4)5;1-13(2)5-6-16-10-7-8(12)3-4-9(10)11(14)15;1-2/h6-7,12,17,24H,8-11,13-15H2,1-5H3,(H,27,28);3-4,7H,5-6,12H2,1-2H3,(H,14,15);2H,1H3. The van der Waals surface area contributed by atoms with Crippen molar-refractivity contribution in [2.75, 3.05) is 85.7 Å². The predicted molar refractivity (Wildman–Crippen MR) is 189 cm³/mol. The molecule has 0 unspecified atom stereocenters. The summed E-state index contributed by atoms with van der Waals surface area (Å²) in [6, 6.07) is 9.96. The van der Waals surface area contributed by atoms with E-state index in [2.05, 4.69) is 5.32 Å². The number of carboxylic acid groups (broad SMARTS) is 2. The van der Waals surface area contributed by atoms with E-state index in [9.17, 15) is 19.5 Å². The van der Waals surface area contributed by atoms with Crippen LogP contribution in [0.2, 0.25) is 0 Å². The van der Waals surface area contributed by atoms with Crippen molar-refractivity contribution in [3.63, 3.8) is 0 Å². The van der Waals surface area contributed by atoms with E-state index >= 15 is 0 Å². The van der Waals surface area contributed by atoms with Crippen LogP contribution in [0.25, 0.3) is 0 Å². The molecule has 14 heteroatoms. The zero-order valence-corrected chi connectivity index (χ0v) is 30.1. The number of nitrogens with one attached hydrogen (secondary N) is 1. The second kappa shape index (κ2) is 18.5. The van der Waals surface area contributed by atoms with E-state index in [1.165, 1.54) is 12.1 Å². The quantitative estimate of drug-likeness (QED) is 0.201. The first-order valence-electron chi connectivity index (χ1n) is 16.2. The lowest BCUT2D eigenvalue weighted by Crippen LogP contribution is -2.47. The maximum absolute atomic E-state index is 12.3. The van der Waals surface area contributed by atoms with E-state index in [4.69, 9.17) is 30.2 Å². The second-order valence-electron chi connectivity index (χ2n) is 13.8. The van der Waals surface area contributed by atoms with E-state index in [1.807, 2.05) is 63.7 Å². The van der Waals surface area contributed by atoms with Gasteiger partial charge in [-0.1, -0.05) is 0 Å². The number of aliphatic hydroxyl groups is 1. The number of hydrogen-bond donors (Lipinski definition) is 5. The van der Waals surface area contributed by atoms with Gasteiger partial charge in [-0.25, -0.2) is 14.4 Å². The Morgan fingerprint density at radius 3 is 1.90 bits per heavy atom. The first-order valence-corrected chi connectivity index (χ1v) is 16.2. The number of carbonyl (C=O) groups excluding carboxylic acids is 1. The van der Waals surface area contributed by atoms with Crippen molar-refractivity contribution in [3.8, 4) is 11.5 Å². The van der Waals surface area contributed by atoms with Crippen LogP contribution in [0.1, 0.15) is 60.7 Å². The summed E-state index contributed by atoms with van der Waals surface area (Å²) in [7, 11) is 8.72. The average molecular weight is 690 g/mol. The number of likely N-dealkylation sites (N-methyl/N-ethyl adjacent to an activating group) is 2. The molecule has 2 fully saturated rings. The highest BCUT2D eigenvalue weighted by Crippen LogP contribution is 2.49. The first-order chi connectivity index (χ1) is 23.0. The molecule has 1 heterocycles. The van der Waals surface area contributed by atoms with Gasteiger partial charge >= 0.3 is 18.0 Å². The fourth-order valence-corrected chi connectivity index (χ4v) is 5.49. The van der Waals surface area contributed by atoms with E-state index in [-0.39, 0.29) is 22.6 Å². The summed E-state index contributed by atoms with van der Waals surface area (Å²) in [4.78, 5) is 40.5. The van der Waals surface area contributed by atoms with Crippen LogP contribution in [0.15, 0.2) is 36.4 Å². The van der Waals surface area contributed by atoms with Crippen molar-refractivity contribution in [3.05, 3.63) is 47.5 Å². The molecule has 6 N–H and O–H groups in total. The maximum Gasteiger partial charge on any atom is 0.410 e. The van der Waals surface area contributed by atoms with Crippen LogP contribution in [0.3, 0.4) is 0 Å². The molecule has 1 saturated carbocycles. The largest absolute Gasteiger partial charge is 0.491 e. The molecule has 2 aliphatic rings. The van der Waals surface area contributed by atoms with Gasteiger partial charge in [0.25, 0.3) is 0 Å². The van der Waals surface area contributed by atoms with Crippen LogP contribution < -0.4 is 20.5 Å². The molecule has 2 aromatic carbocycles. The monoisotopic (exact) mass is 689 g/mol. The van der Waals surface area contributed by atoms with Gasteiger partial charge in [-0.2, -0.15) is 0 Å². The summed E-state index contributed by atoms with van der Waals surface area (Å²) < 4.78 is 16.6. The zero-order chi connectivity index (χ0) is 36.9. The molecule has 1 aliphatic carbocycles. The number of aliphatic hydroxyl groups excluding tert-OH is 1. The Morgan fingerprint density at radius 2 is 1.41 bits per heavy atom.